The van der Waals surface area contributed by atoms with Gasteiger partial charge in [0, 0.05) is 31.5 Å². The topological polar surface area (TPSA) is 64.4 Å². The van der Waals surface area contributed by atoms with E-state index in [1.807, 2.05) is 6.92 Å². The summed E-state index contributed by atoms with van der Waals surface area (Å²) in [5.41, 5.74) is 1.57. The zero-order valence-corrected chi connectivity index (χ0v) is 12.9. The van der Waals surface area contributed by atoms with E-state index in [4.69, 9.17) is 16.3 Å². The van der Waals surface area contributed by atoms with E-state index in [0.717, 1.165) is 30.8 Å². The van der Waals surface area contributed by atoms with Crippen LogP contribution in [0.2, 0.25) is 5.02 Å². The van der Waals surface area contributed by atoms with Gasteiger partial charge in [-0.2, -0.15) is 0 Å². The van der Waals surface area contributed by atoms with E-state index in [0.29, 0.717) is 12.5 Å². The van der Waals surface area contributed by atoms with Gasteiger partial charge in [0.1, 0.15) is 5.02 Å². The lowest BCUT2D eigenvalue weighted by atomic mass is 10.1. The van der Waals surface area contributed by atoms with E-state index in [2.05, 4.69) is 19.2 Å². The first kappa shape index (κ1) is 16.7. The second-order valence-corrected chi connectivity index (χ2v) is 5.53. The molecule has 1 aromatic rings. The van der Waals surface area contributed by atoms with Gasteiger partial charge >= 0.3 is 0 Å². The van der Waals surface area contributed by atoms with Gasteiger partial charge in [0.2, 0.25) is 0 Å². The number of nitro groups is 1. The van der Waals surface area contributed by atoms with Crippen molar-refractivity contribution in [1.29, 1.82) is 0 Å². The highest BCUT2D eigenvalue weighted by Gasteiger charge is 2.14. The zero-order valence-electron chi connectivity index (χ0n) is 12.1. The van der Waals surface area contributed by atoms with E-state index in [1.54, 1.807) is 6.07 Å². The second-order valence-electron chi connectivity index (χ2n) is 5.12. The Bertz CT molecular complexity index is 464. The first-order valence-corrected chi connectivity index (χ1v) is 7.05. The first-order chi connectivity index (χ1) is 9.41. The molecule has 112 valence electrons. The summed E-state index contributed by atoms with van der Waals surface area (Å²) < 4.78 is 5.48. The van der Waals surface area contributed by atoms with Crippen molar-refractivity contribution in [3.05, 3.63) is 32.8 Å². The van der Waals surface area contributed by atoms with Gasteiger partial charge in [-0.3, -0.25) is 10.1 Å². The maximum absolute atomic E-state index is 10.8. The molecule has 0 bridgehead atoms. The maximum atomic E-state index is 10.8. The molecule has 6 heteroatoms. The number of nitrogens with zero attached hydrogens (tertiary/aromatic N) is 1. The molecule has 0 atom stereocenters. The monoisotopic (exact) mass is 300 g/mol. The molecular weight excluding hydrogens is 280 g/mol. The van der Waals surface area contributed by atoms with E-state index in [9.17, 15) is 10.1 Å². The minimum Gasteiger partial charge on any atom is -0.385 e. The van der Waals surface area contributed by atoms with Gasteiger partial charge < -0.3 is 10.1 Å². The van der Waals surface area contributed by atoms with Crippen molar-refractivity contribution >= 4 is 23.0 Å². The van der Waals surface area contributed by atoms with Crippen LogP contribution in [-0.2, 0) is 4.74 Å². The number of hydrogen-bond donors (Lipinski definition) is 1. The smallest absolute Gasteiger partial charge is 0.288 e. The summed E-state index contributed by atoms with van der Waals surface area (Å²) in [6.45, 7) is 8.25. The van der Waals surface area contributed by atoms with Gasteiger partial charge in [0.05, 0.1) is 4.92 Å². The standard InChI is InChI=1S/C14H21ClN2O3/c1-10(2)9-20-6-4-5-16-13-8-12(15)14(17(18)19)7-11(13)3/h7-8,10,16H,4-6,9H2,1-3H3. The Kier molecular flexibility index (Phi) is 6.75. The molecule has 0 radical (unpaired) electrons. The van der Waals surface area contributed by atoms with Crippen LogP contribution in [-0.4, -0.2) is 24.7 Å². The number of halogens is 1. The number of nitro benzene ring substituents is 1. The Morgan fingerprint density at radius 3 is 2.75 bits per heavy atom. The van der Waals surface area contributed by atoms with E-state index < -0.39 is 4.92 Å². The van der Waals surface area contributed by atoms with Crippen molar-refractivity contribution < 1.29 is 9.66 Å². The number of anilines is 1. The lowest BCUT2D eigenvalue weighted by molar-refractivity contribution is -0.384. The van der Waals surface area contributed by atoms with Gasteiger partial charge in [-0.25, -0.2) is 0 Å². The Balaban J connectivity index is 2.45. The third-order valence-corrected chi connectivity index (χ3v) is 3.03. The maximum Gasteiger partial charge on any atom is 0.288 e. The quantitative estimate of drug-likeness (QED) is 0.447. The molecule has 5 nitrogen and oxygen atoms in total. The summed E-state index contributed by atoms with van der Waals surface area (Å²) in [7, 11) is 0. The van der Waals surface area contributed by atoms with Crippen LogP contribution in [0.25, 0.3) is 0 Å². The van der Waals surface area contributed by atoms with Crippen molar-refractivity contribution in [2.75, 3.05) is 25.1 Å². The molecule has 0 saturated heterocycles. The second kappa shape index (κ2) is 8.07. The highest BCUT2D eigenvalue weighted by molar-refractivity contribution is 6.33. The zero-order chi connectivity index (χ0) is 15.1. The van der Waals surface area contributed by atoms with E-state index >= 15 is 0 Å². The van der Waals surface area contributed by atoms with Gasteiger partial charge in [0.15, 0.2) is 0 Å². The van der Waals surface area contributed by atoms with Gasteiger partial charge in [-0.05, 0) is 30.9 Å². The lowest BCUT2D eigenvalue weighted by Gasteiger charge is -2.11. The summed E-state index contributed by atoms with van der Waals surface area (Å²) in [5, 5.41) is 14.1. The molecule has 0 aromatic heterocycles. The molecule has 0 amide bonds. The van der Waals surface area contributed by atoms with Crippen molar-refractivity contribution in [1.82, 2.24) is 0 Å². The first-order valence-electron chi connectivity index (χ1n) is 6.68. The van der Waals surface area contributed by atoms with Gasteiger partial charge in [0.25, 0.3) is 5.69 Å². The summed E-state index contributed by atoms with van der Waals surface area (Å²) in [4.78, 5) is 10.3. The molecular formula is C14H21ClN2O3. The molecule has 1 N–H and O–H groups in total. The summed E-state index contributed by atoms with van der Waals surface area (Å²) in [6, 6.07) is 3.09. The van der Waals surface area contributed by atoms with Crippen LogP contribution in [0.1, 0.15) is 25.8 Å². The third-order valence-electron chi connectivity index (χ3n) is 2.72. The molecule has 20 heavy (non-hydrogen) atoms. The molecule has 0 saturated carbocycles. The molecule has 0 unspecified atom stereocenters. The highest BCUT2D eigenvalue weighted by Crippen LogP contribution is 2.30. The minimum absolute atomic E-state index is 0.0602. The number of hydrogen-bond acceptors (Lipinski definition) is 4. The SMILES string of the molecule is Cc1cc([N+](=O)[O-])c(Cl)cc1NCCCOCC(C)C. The van der Waals surface area contributed by atoms with Crippen LogP contribution in [0.4, 0.5) is 11.4 Å². The molecule has 0 aliphatic heterocycles. The Labute approximate surface area is 124 Å². The van der Waals surface area contributed by atoms with E-state index in [-0.39, 0.29) is 10.7 Å². The van der Waals surface area contributed by atoms with E-state index in [1.165, 1.54) is 6.07 Å². The number of aryl methyl sites for hydroxylation is 1. The number of nitrogens with one attached hydrogen (secondary N) is 1. The van der Waals surface area contributed by atoms with Crippen LogP contribution in [0, 0.1) is 23.0 Å². The highest BCUT2D eigenvalue weighted by atomic mass is 35.5. The molecule has 0 aliphatic rings. The summed E-state index contributed by atoms with van der Waals surface area (Å²) >= 11 is 5.89. The Hall–Kier alpha value is -1.33. The van der Waals surface area contributed by atoms with Crippen molar-refractivity contribution in [3.63, 3.8) is 0 Å². The summed E-state index contributed by atoms with van der Waals surface area (Å²) in [6.07, 6.45) is 0.876. The number of rotatable bonds is 8. The number of benzene rings is 1. The van der Waals surface area contributed by atoms with Crippen molar-refractivity contribution in [2.24, 2.45) is 5.92 Å². The fourth-order valence-electron chi connectivity index (χ4n) is 1.71. The molecule has 0 spiro atoms. The Morgan fingerprint density at radius 1 is 1.45 bits per heavy atom. The average Bonchev–Trinajstić information content (AvgIpc) is 2.36. The molecule has 0 fully saturated rings. The Morgan fingerprint density at radius 2 is 2.15 bits per heavy atom. The fraction of sp³-hybridized carbons (Fsp3) is 0.571. The number of ether oxygens (including phenoxy) is 1. The van der Waals surface area contributed by atoms with Gasteiger partial charge in [-0.1, -0.05) is 25.4 Å². The normalized spacial score (nSPS) is 10.8. The molecule has 1 aromatic carbocycles. The van der Waals surface area contributed by atoms with Gasteiger partial charge in [-0.15, -0.1) is 0 Å². The van der Waals surface area contributed by atoms with Crippen LogP contribution in [0.5, 0.6) is 0 Å². The predicted molar refractivity (Wildman–Crippen MR) is 81.6 cm³/mol. The fourth-order valence-corrected chi connectivity index (χ4v) is 1.95. The van der Waals surface area contributed by atoms with Crippen LogP contribution < -0.4 is 5.32 Å². The lowest BCUT2D eigenvalue weighted by Crippen LogP contribution is -2.09. The largest absolute Gasteiger partial charge is 0.385 e. The predicted octanol–water partition coefficient (Wildman–Crippen LogP) is 4.03. The van der Waals surface area contributed by atoms with Crippen molar-refractivity contribution in [3.8, 4) is 0 Å². The molecule has 0 heterocycles. The summed E-state index contributed by atoms with van der Waals surface area (Å²) in [5.74, 6) is 0.540. The van der Waals surface area contributed by atoms with Crippen LogP contribution >= 0.6 is 11.6 Å². The average molecular weight is 301 g/mol. The molecule has 0 aliphatic carbocycles. The van der Waals surface area contributed by atoms with Crippen molar-refractivity contribution in [2.45, 2.75) is 27.2 Å². The minimum atomic E-state index is -0.473. The third kappa shape index (κ3) is 5.35. The van der Waals surface area contributed by atoms with Crippen LogP contribution in [0.15, 0.2) is 12.1 Å². The van der Waals surface area contributed by atoms with Crippen LogP contribution in [0.3, 0.4) is 0 Å². The molecule has 1 rings (SSSR count).